The number of hydrogen-bond donors (Lipinski definition) is 0. The topological polar surface area (TPSA) is 28.2 Å². The molecule has 0 radical (unpaired) electrons. The predicted molar refractivity (Wildman–Crippen MR) is 68.7 cm³/mol. The standard InChI is InChI=1S/C10H25N3O2Si/c1-9-10(14-8)15-16(11(2)3,12(4)5)13(6)7/h9H,1-8H3. The summed E-state index contributed by atoms with van der Waals surface area (Å²) in [7, 11) is 11.4. The van der Waals surface area contributed by atoms with Crippen LogP contribution < -0.4 is 0 Å². The van der Waals surface area contributed by atoms with Crippen LogP contribution in [0.1, 0.15) is 6.92 Å². The minimum absolute atomic E-state index is 0.558. The van der Waals surface area contributed by atoms with Crippen molar-refractivity contribution < 1.29 is 9.16 Å². The third-order valence-corrected chi connectivity index (χ3v) is 6.39. The zero-order valence-electron chi connectivity index (χ0n) is 11.7. The van der Waals surface area contributed by atoms with Gasteiger partial charge in [-0.05, 0) is 55.3 Å². The molecule has 0 N–H and O–H groups in total. The largest absolute Gasteiger partial charge is 0.512 e. The van der Waals surface area contributed by atoms with Crippen LogP contribution in [0.2, 0.25) is 0 Å². The highest BCUT2D eigenvalue weighted by molar-refractivity contribution is 6.65. The van der Waals surface area contributed by atoms with Crippen molar-refractivity contribution in [1.29, 1.82) is 0 Å². The quantitative estimate of drug-likeness (QED) is 0.507. The van der Waals surface area contributed by atoms with Crippen LogP contribution >= 0.6 is 0 Å². The molecule has 96 valence electrons. The van der Waals surface area contributed by atoms with Gasteiger partial charge in [0.05, 0.1) is 7.11 Å². The van der Waals surface area contributed by atoms with Crippen LogP contribution in [0.5, 0.6) is 0 Å². The molecule has 0 fully saturated rings. The lowest BCUT2D eigenvalue weighted by Gasteiger charge is -2.44. The molecule has 0 heterocycles. The van der Waals surface area contributed by atoms with Crippen molar-refractivity contribution in [3.63, 3.8) is 0 Å². The molecule has 0 aliphatic carbocycles. The molecule has 0 amide bonds. The van der Waals surface area contributed by atoms with Gasteiger partial charge >= 0.3 is 8.80 Å². The Morgan fingerprint density at radius 3 is 1.50 bits per heavy atom. The van der Waals surface area contributed by atoms with Gasteiger partial charge < -0.3 is 9.16 Å². The molecule has 0 unspecified atom stereocenters. The Bertz CT molecular complexity index is 220. The van der Waals surface area contributed by atoms with Crippen LogP contribution in [0, 0.1) is 0 Å². The summed E-state index contributed by atoms with van der Waals surface area (Å²) in [4.78, 5) is 0. The predicted octanol–water partition coefficient (Wildman–Crippen LogP) is 0.631. The molecule has 0 aliphatic rings. The molecule has 0 aromatic heterocycles. The molecule has 0 aromatic rings. The van der Waals surface area contributed by atoms with E-state index in [1.165, 1.54) is 0 Å². The molecule has 0 bridgehead atoms. The summed E-state index contributed by atoms with van der Waals surface area (Å²) in [6.07, 6.45) is 1.83. The van der Waals surface area contributed by atoms with Gasteiger partial charge in [-0.1, -0.05) is 0 Å². The van der Waals surface area contributed by atoms with Gasteiger partial charge in [0.25, 0.3) is 5.95 Å². The summed E-state index contributed by atoms with van der Waals surface area (Å²) in [5.41, 5.74) is 0. The SMILES string of the molecule is CC=C(OC)O[Si](N(C)C)(N(C)C)N(C)C. The van der Waals surface area contributed by atoms with Crippen molar-refractivity contribution >= 4 is 8.80 Å². The lowest BCUT2D eigenvalue weighted by atomic mass is 10.7. The van der Waals surface area contributed by atoms with Gasteiger partial charge in [0, 0.05) is 0 Å². The van der Waals surface area contributed by atoms with Crippen molar-refractivity contribution in [2.24, 2.45) is 0 Å². The second-order valence-corrected chi connectivity index (χ2v) is 8.21. The van der Waals surface area contributed by atoms with Crippen LogP contribution in [0.3, 0.4) is 0 Å². The highest BCUT2D eigenvalue weighted by Crippen LogP contribution is 2.18. The van der Waals surface area contributed by atoms with E-state index in [4.69, 9.17) is 9.16 Å². The number of allylic oxidation sites excluding steroid dienone is 1. The Kier molecular flexibility index (Phi) is 6.02. The van der Waals surface area contributed by atoms with E-state index in [2.05, 4.69) is 13.7 Å². The molecular weight excluding hydrogens is 222 g/mol. The summed E-state index contributed by atoms with van der Waals surface area (Å²) in [6.45, 7) is 1.90. The summed E-state index contributed by atoms with van der Waals surface area (Å²) in [6, 6.07) is 0. The first kappa shape index (κ1) is 15.4. The lowest BCUT2D eigenvalue weighted by molar-refractivity contribution is 0.0942. The van der Waals surface area contributed by atoms with Crippen molar-refractivity contribution in [1.82, 2.24) is 13.7 Å². The fourth-order valence-corrected chi connectivity index (χ4v) is 5.25. The molecule has 5 nitrogen and oxygen atoms in total. The third-order valence-electron chi connectivity index (χ3n) is 2.42. The molecule has 16 heavy (non-hydrogen) atoms. The fourth-order valence-electron chi connectivity index (χ4n) is 1.83. The number of rotatable bonds is 6. The molecular formula is C10H25N3O2Si. The van der Waals surface area contributed by atoms with E-state index in [9.17, 15) is 0 Å². The molecule has 0 saturated carbocycles. The van der Waals surface area contributed by atoms with Gasteiger partial charge in [0.1, 0.15) is 0 Å². The van der Waals surface area contributed by atoms with Gasteiger partial charge in [-0.25, -0.2) is 0 Å². The van der Waals surface area contributed by atoms with Gasteiger partial charge in [0.15, 0.2) is 0 Å². The number of nitrogens with zero attached hydrogens (tertiary/aromatic N) is 3. The molecule has 0 aromatic carbocycles. The molecule has 6 heteroatoms. The number of ether oxygens (including phenoxy) is 1. The van der Waals surface area contributed by atoms with E-state index < -0.39 is 8.80 Å². The van der Waals surface area contributed by atoms with Crippen LogP contribution in [0.4, 0.5) is 0 Å². The molecule has 0 saturated heterocycles. The smallest absolute Gasteiger partial charge is 0.479 e. The van der Waals surface area contributed by atoms with Gasteiger partial charge in [-0.15, -0.1) is 0 Å². The summed E-state index contributed by atoms with van der Waals surface area (Å²) < 4.78 is 17.6. The van der Waals surface area contributed by atoms with E-state index in [1.54, 1.807) is 7.11 Å². The first-order valence-electron chi connectivity index (χ1n) is 5.24. The van der Waals surface area contributed by atoms with Crippen LogP contribution in [0.15, 0.2) is 12.0 Å². The zero-order chi connectivity index (χ0) is 12.9. The Labute approximate surface area is 101 Å². The number of hydrogen-bond acceptors (Lipinski definition) is 5. The van der Waals surface area contributed by atoms with E-state index in [0.29, 0.717) is 5.95 Å². The Hall–Kier alpha value is -0.563. The molecule has 0 spiro atoms. The maximum absolute atomic E-state index is 6.08. The van der Waals surface area contributed by atoms with Gasteiger partial charge in [0.2, 0.25) is 0 Å². The third kappa shape index (κ3) is 2.97. The van der Waals surface area contributed by atoms with Crippen molar-refractivity contribution in [2.75, 3.05) is 49.4 Å². The van der Waals surface area contributed by atoms with Crippen LogP contribution in [0.25, 0.3) is 0 Å². The van der Waals surface area contributed by atoms with Crippen molar-refractivity contribution in [3.8, 4) is 0 Å². The molecule has 0 rings (SSSR count). The highest BCUT2D eigenvalue weighted by Gasteiger charge is 2.49. The number of methoxy groups -OCH3 is 1. The minimum Gasteiger partial charge on any atom is -0.479 e. The molecule has 0 atom stereocenters. The van der Waals surface area contributed by atoms with Crippen molar-refractivity contribution in [2.45, 2.75) is 6.92 Å². The summed E-state index contributed by atoms with van der Waals surface area (Å²) in [5, 5.41) is 0. The normalized spacial score (nSPS) is 13.8. The Morgan fingerprint density at radius 2 is 1.31 bits per heavy atom. The Balaban J connectivity index is 5.20. The summed E-state index contributed by atoms with van der Waals surface area (Å²) >= 11 is 0. The van der Waals surface area contributed by atoms with Gasteiger partial charge in [-0.3, -0.25) is 13.7 Å². The maximum Gasteiger partial charge on any atom is 0.512 e. The fraction of sp³-hybridized carbons (Fsp3) is 0.800. The van der Waals surface area contributed by atoms with E-state index in [-0.39, 0.29) is 0 Å². The minimum atomic E-state index is -2.33. The van der Waals surface area contributed by atoms with E-state index in [1.807, 2.05) is 55.3 Å². The summed E-state index contributed by atoms with van der Waals surface area (Å²) in [5.74, 6) is 0.558. The van der Waals surface area contributed by atoms with E-state index >= 15 is 0 Å². The van der Waals surface area contributed by atoms with Gasteiger partial charge in [-0.2, -0.15) is 0 Å². The zero-order valence-corrected chi connectivity index (χ0v) is 12.7. The second-order valence-electron chi connectivity index (χ2n) is 4.17. The van der Waals surface area contributed by atoms with Crippen LogP contribution in [-0.4, -0.2) is 71.9 Å². The Morgan fingerprint density at radius 1 is 0.938 bits per heavy atom. The maximum atomic E-state index is 6.08. The van der Waals surface area contributed by atoms with Crippen LogP contribution in [-0.2, 0) is 9.16 Å². The second kappa shape index (κ2) is 6.24. The molecule has 0 aliphatic heterocycles. The first-order valence-corrected chi connectivity index (χ1v) is 6.99. The lowest BCUT2D eigenvalue weighted by Crippen LogP contribution is -2.71. The highest BCUT2D eigenvalue weighted by atomic mass is 28.4. The first-order chi connectivity index (χ1) is 7.32. The van der Waals surface area contributed by atoms with E-state index in [0.717, 1.165) is 0 Å². The monoisotopic (exact) mass is 247 g/mol. The van der Waals surface area contributed by atoms with Crippen molar-refractivity contribution in [3.05, 3.63) is 12.0 Å². The average molecular weight is 247 g/mol. The average Bonchev–Trinajstić information content (AvgIpc) is 2.18.